The summed E-state index contributed by atoms with van der Waals surface area (Å²) in [5.41, 5.74) is 9.73. The highest BCUT2D eigenvalue weighted by atomic mass is 35.5. The van der Waals surface area contributed by atoms with Gasteiger partial charge in [-0.1, -0.05) is 59.6 Å². The van der Waals surface area contributed by atoms with Crippen molar-refractivity contribution in [3.05, 3.63) is 82.3 Å². The van der Waals surface area contributed by atoms with Gasteiger partial charge in [-0.25, -0.2) is 0 Å². The number of nitrogens with zero attached hydrogens (tertiary/aromatic N) is 3. The average molecular weight is 613 g/mol. The molecule has 3 amide bonds. The fourth-order valence-electron chi connectivity index (χ4n) is 4.91. The minimum Gasteiger partial charge on any atom is -0.379 e. The number of primary amides is 1. The first-order chi connectivity index (χ1) is 20.1. The highest BCUT2D eigenvalue weighted by Gasteiger charge is 2.27. The summed E-state index contributed by atoms with van der Waals surface area (Å²) in [5.74, 6) is -0.887. The smallest absolute Gasteiger partial charge is 0.242 e. The Morgan fingerprint density at radius 2 is 1.67 bits per heavy atom. The lowest BCUT2D eigenvalue weighted by molar-refractivity contribution is -0.131. The van der Waals surface area contributed by atoms with E-state index in [2.05, 4.69) is 10.2 Å². The molecule has 1 aliphatic heterocycles. The molecule has 4 rings (SSSR count). The first kappa shape index (κ1) is 31.3. The number of benzene rings is 3. The van der Waals surface area contributed by atoms with Crippen LogP contribution in [-0.4, -0.2) is 80.5 Å². The number of carbonyl (C=O) groups is 3. The van der Waals surface area contributed by atoms with Crippen molar-refractivity contribution < 1.29 is 19.1 Å². The molecule has 222 valence electrons. The number of nitrogens with one attached hydrogen (secondary N) is 1. The zero-order chi connectivity index (χ0) is 30.2. The maximum atomic E-state index is 13.7. The number of hydrogen-bond donors (Lipinski definition) is 2. The number of carbonyl (C=O) groups excluding carboxylic acids is 3. The van der Waals surface area contributed by atoms with Gasteiger partial charge in [0.05, 0.1) is 42.4 Å². The van der Waals surface area contributed by atoms with Gasteiger partial charge in [0.25, 0.3) is 0 Å². The second-order valence-corrected chi connectivity index (χ2v) is 11.1. The topological polar surface area (TPSA) is 108 Å². The van der Waals surface area contributed by atoms with Gasteiger partial charge < -0.3 is 25.6 Å². The van der Waals surface area contributed by atoms with Crippen LogP contribution >= 0.6 is 23.2 Å². The van der Waals surface area contributed by atoms with Crippen LogP contribution in [0.2, 0.25) is 10.0 Å². The molecule has 3 N–H and O–H groups in total. The quantitative estimate of drug-likeness (QED) is 0.332. The number of amides is 3. The zero-order valence-electron chi connectivity index (χ0n) is 23.7. The SMILES string of the molecule is CC(=O)Nc1cccc(-c2ccc(C(CN3CCOCC3)N(C)C(=O)CN(CC(N)=O)c3ccc(Cl)c(Cl)c3)cc2)c1. The molecule has 1 unspecified atom stereocenters. The molecule has 0 aromatic heterocycles. The Morgan fingerprint density at radius 1 is 0.952 bits per heavy atom. The standard InChI is InChI=1S/C31H35Cl2N5O4/c1-21(39)35-25-5-3-4-24(16-25)22-6-8-23(9-7-22)29(18-37-12-14-42-15-13-37)36(2)31(41)20-38(19-30(34)40)26-10-11-27(32)28(33)17-26/h3-11,16-17,29H,12-15,18-20H2,1-2H3,(H2,34,40)(H,35,39). The predicted octanol–water partition coefficient (Wildman–Crippen LogP) is 4.44. The van der Waals surface area contributed by atoms with E-state index in [0.717, 1.165) is 35.5 Å². The molecule has 0 aliphatic carbocycles. The summed E-state index contributed by atoms with van der Waals surface area (Å²) in [4.78, 5) is 42.7. The van der Waals surface area contributed by atoms with Crippen LogP contribution in [0.3, 0.4) is 0 Å². The molecule has 0 bridgehead atoms. The molecular weight excluding hydrogens is 577 g/mol. The molecule has 1 fully saturated rings. The summed E-state index contributed by atoms with van der Waals surface area (Å²) in [7, 11) is 1.77. The lowest BCUT2D eigenvalue weighted by Crippen LogP contribution is -2.47. The van der Waals surface area contributed by atoms with E-state index >= 15 is 0 Å². The third kappa shape index (κ3) is 8.45. The van der Waals surface area contributed by atoms with Gasteiger partial charge in [0.1, 0.15) is 0 Å². The maximum Gasteiger partial charge on any atom is 0.242 e. The normalized spacial score (nSPS) is 14.2. The number of rotatable bonds is 11. The van der Waals surface area contributed by atoms with Crippen molar-refractivity contribution in [1.82, 2.24) is 9.80 Å². The van der Waals surface area contributed by atoms with Crippen molar-refractivity contribution in [3.63, 3.8) is 0 Å². The Morgan fingerprint density at radius 3 is 2.31 bits per heavy atom. The van der Waals surface area contributed by atoms with Crippen molar-refractivity contribution in [3.8, 4) is 11.1 Å². The summed E-state index contributed by atoms with van der Waals surface area (Å²) in [6.45, 7) is 4.67. The summed E-state index contributed by atoms with van der Waals surface area (Å²) >= 11 is 12.3. The molecule has 9 nitrogen and oxygen atoms in total. The van der Waals surface area contributed by atoms with Gasteiger partial charge in [-0.3, -0.25) is 19.3 Å². The van der Waals surface area contributed by atoms with E-state index in [1.54, 1.807) is 35.0 Å². The third-order valence-corrected chi connectivity index (χ3v) is 7.89. The number of morpholine rings is 1. The average Bonchev–Trinajstić information content (AvgIpc) is 2.97. The lowest BCUT2D eigenvalue weighted by atomic mass is 9.99. The van der Waals surface area contributed by atoms with Crippen LogP contribution in [0, 0.1) is 0 Å². The molecule has 0 spiro atoms. The Balaban J connectivity index is 1.58. The fraction of sp³-hybridized carbons (Fsp3) is 0.323. The molecule has 1 aliphatic rings. The van der Waals surface area contributed by atoms with Crippen LogP contribution in [0.25, 0.3) is 11.1 Å². The van der Waals surface area contributed by atoms with E-state index in [1.807, 2.05) is 48.5 Å². The number of nitrogens with two attached hydrogens (primary N) is 1. The van der Waals surface area contributed by atoms with Crippen molar-refractivity contribution in [2.45, 2.75) is 13.0 Å². The van der Waals surface area contributed by atoms with Gasteiger partial charge in [0, 0.05) is 45.0 Å². The third-order valence-electron chi connectivity index (χ3n) is 7.15. The maximum absolute atomic E-state index is 13.7. The summed E-state index contributed by atoms with van der Waals surface area (Å²) in [5, 5.41) is 3.51. The van der Waals surface area contributed by atoms with E-state index in [-0.39, 0.29) is 30.9 Å². The van der Waals surface area contributed by atoms with Gasteiger partial charge in [-0.15, -0.1) is 0 Å². The molecule has 0 saturated carbocycles. The molecule has 0 radical (unpaired) electrons. The number of ether oxygens (including phenoxy) is 1. The Hall–Kier alpha value is -3.63. The number of anilines is 2. The van der Waals surface area contributed by atoms with Crippen molar-refractivity contribution >= 4 is 52.3 Å². The van der Waals surface area contributed by atoms with Crippen LogP contribution < -0.4 is 16.0 Å². The minimum atomic E-state index is -0.570. The Labute approximate surface area is 256 Å². The zero-order valence-corrected chi connectivity index (χ0v) is 25.2. The van der Waals surface area contributed by atoms with E-state index in [1.165, 1.54) is 6.92 Å². The minimum absolute atomic E-state index is 0.0783. The van der Waals surface area contributed by atoms with Gasteiger partial charge in [-0.2, -0.15) is 0 Å². The van der Waals surface area contributed by atoms with Gasteiger partial charge in [0.15, 0.2) is 0 Å². The number of halogens is 2. The lowest BCUT2D eigenvalue weighted by Gasteiger charge is -2.36. The van der Waals surface area contributed by atoms with Crippen molar-refractivity contribution in [1.29, 1.82) is 0 Å². The molecule has 1 saturated heterocycles. The van der Waals surface area contributed by atoms with Crippen LogP contribution in [0.1, 0.15) is 18.5 Å². The van der Waals surface area contributed by atoms with Crippen LogP contribution in [0.4, 0.5) is 11.4 Å². The van der Waals surface area contributed by atoms with Gasteiger partial charge >= 0.3 is 0 Å². The molecule has 3 aromatic rings. The summed E-state index contributed by atoms with van der Waals surface area (Å²) < 4.78 is 5.53. The molecule has 3 aromatic carbocycles. The van der Waals surface area contributed by atoms with Crippen LogP contribution in [0.5, 0.6) is 0 Å². The molecule has 42 heavy (non-hydrogen) atoms. The van der Waals surface area contributed by atoms with E-state index in [0.29, 0.717) is 35.5 Å². The predicted molar refractivity (Wildman–Crippen MR) is 167 cm³/mol. The van der Waals surface area contributed by atoms with Crippen molar-refractivity contribution in [2.24, 2.45) is 5.73 Å². The Bertz CT molecular complexity index is 1410. The largest absolute Gasteiger partial charge is 0.379 e. The monoisotopic (exact) mass is 611 g/mol. The van der Waals surface area contributed by atoms with E-state index in [4.69, 9.17) is 33.7 Å². The van der Waals surface area contributed by atoms with Crippen molar-refractivity contribution in [2.75, 3.05) is 63.2 Å². The highest BCUT2D eigenvalue weighted by molar-refractivity contribution is 6.42. The fourth-order valence-corrected chi connectivity index (χ4v) is 5.21. The second kappa shape index (κ2) is 14.5. The number of hydrogen-bond acceptors (Lipinski definition) is 6. The molecular formula is C31H35Cl2N5O4. The Kier molecular flexibility index (Phi) is 10.8. The van der Waals surface area contributed by atoms with E-state index in [9.17, 15) is 14.4 Å². The highest BCUT2D eigenvalue weighted by Crippen LogP contribution is 2.29. The molecule has 1 atom stereocenters. The summed E-state index contributed by atoms with van der Waals surface area (Å²) in [6, 6.07) is 20.4. The summed E-state index contributed by atoms with van der Waals surface area (Å²) in [6.07, 6.45) is 0. The van der Waals surface area contributed by atoms with E-state index < -0.39 is 5.91 Å². The van der Waals surface area contributed by atoms with Gasteiger partial charge in [0.2, 0.25) is 17.7 Å². The van der Waals surface area contributed by atoms with Crippen LogP contribution in [-0.2, 0) is 19.1 Å². The van der Waals surface area contributed by atoms with Crippen LogP contribution in [0.15, 0.2) is 66.7 Å². The molecule has 11 heteroatoms. The molecule has 1 heterocycles. The first-order valence-electron chi connectivity index (χ1n) is 13.6. The second-order valence-electron chi connectivity index (χ2n) is 10.2. The first-order valence-corrected chi connectivity index (χ1v) is 14.4. The van der Waals surface area contributed by atoms with Gasteiger partial charge in [-0.05, 0) is 47.0 Å². The number of likely N-dealkylation sites (N-methyl/N-ethyl adjacent to an activating group) is 1.